The van der Waals surface area contributed by atoms with Crippen LogP contribution in [-0.2, 0) is 28.7 Å². The van der Waals surface area contributed by atoms with Crippen LogP contribution in [0.2, 0.25) is 0 Å². The monoisotopic (exact) mass is 494 g/mol. The summed E-state index contributed by atoms with van der Waals surface area (Å²) in [6, 6.07) is 2.75. The van der Waals surface area contributed by atoms with Crippen LogP contribution in [0, 0.1) is 0 Å². The number of hydrogen-bond acceptors (Lipinski definition) is 7. The number of amides is 1. The van der Waals surface area contributed by atoms with Crippen LogP contribution in [0.1, 0.15) is 50.3 Å². The molecule has 2 N–H and O–H groups in total. The molecular weight excluding hydrogens is 465 g/mol. The number of hydrogen-bond donors (Lipinski definition) is 2. The Morgan fingerprint density at radius 2 is 2.00 bits per heavy atom. The molecule has 2 aliphatic rings. The number of aromatic nitrogens is 2. The minimum Gasteiger partial charge on any atom is -0.507 e. The fourth-order valence-corrected chi connectivity index (χ4v) is 4.30. The number of aromatic hydroxyl groups is 1. The van der Waals surface area contributed by atoms with E-state index < -0.39 is 23.1 Å². The zero-order chi connectivity index (χ0) is 25.4. The van der Waals surface area contributed by atoms with Crippen molar-refractivity contribution in [2.45, 2.75) is 64.5 Å². The molecule has 0 bridgehead atoms. The van der Waals surface area contributed by atoms with Crippen LogP contribution in [0.4, 0.5) is 23.8 Å². The lowest BCUT2D eigenvalue weighted by Gasteiger charge is -2.35. The van der Waals surface area contributed by atoms with E-state index in [0.717, 1.165) is 30.0 Å². The number of likely N-dealkylation sites (tertiary alicyclic amines) is 1. The molecule has 0 saturated carbocycles. The summed E-state index contributed by atoms with van der Waals surface area (Å²) < 4.78 is 50.1. The molecule has 2 aromatic rings. The smallest absolute Gasteiger partial charge is 0.416 e. The molecule has 35 heavy (non-hydrogen) atoms. The summed E-state index contributed by atoms with van der Waals surface area (Å²) >= 11 is 0. The number of benzene rings is 1. The number of phenols is 1. The third-order valence-corrected chi connectivity index (χ3v) is 5.92. The minimum absolute atomic E-state index is 0.0816. The summed E-state index contributed by atoms with van der Waals surface area (Å²) in [6.45, 7) is 7.18. The highest BCUT2D eigenvalue weighted by molar-refractivity contribution is 5.73. The zero-order valence-electron chi connectivity index (χ0n) is 19.9. The Morgan fingerprint density at radius 3 is 2.69 bits per heavy atom. The fraction of sp³-hybridized carbons (Fsp3) is 0.542. The van der Waals surface area contributed by atoms with E-state index in [9.17, 15) is 23.1 Å². The number of nitrogens with zero attached hydrogens (tertiary/aromatic N) is 3. The zero-order valence-corrected chi connectivity index (χ0v) is 19.9. The summed E-state index contributed by atoms with van der Waals surface area (Å²) in [6.07, 6.45) is -2.84. The van der Waals surface area contributed by atoms with E-state index >= 15 is 0 Å². The van der Waals surface area contributed by atoms with Crippen molar-refractivity contribution in [3.05, 3.63) is 34.9 Å². The van der Waals surface area contributed by atoms with Gasteiger partial charge in [-0.25, -0.2) is 4.79 Å². The van der Waals surface area contributed by atoms with Gasteiger partial charge in [-0.1, -0.05) is 0 Å². The topological polar surface area (TPSA) is 96.8 Å². The normalized spacial score (nSPS) is 18.7. The van der Waals surface area contributed by atoms with Gasteiger partial charge in [-0.15, -0.1) is 10.2 Å². The van der Waals surface area contributed by atoms with Gasteiger partial charge in [0.25, 0.3) is 0 Å². The van der Waals surface area contributed by atoms with Crippen molar-refractivity contribution in [1.29, 1.82) is 0 Å². The standard InChI is InChI=1S/C24H29F3N4O4/c1-23(2,3)35-22(33)31-9-4-5-15(12-31)28-21-18-13-34-10-8-16(18)20(29-30-21)17-7-6-14(11-19(17)32)24(25,26)27/h6-7,11,15,32H,4-5,8-10,12-13H2,1-3H3,(H,28,30)/t15-/m1/s1. The summed E-state index contributed by atoms with van der Waals surface area (Å²) in [4.78, 5) is 14.2. The van der Waals surface area contributed by atoms with Crippen molar-refractivity contribution in [2.24, 2.45) is 0 Å². The maximum atomic E-state index is 13.0. The molecule has 3 heterocycles. The minimum atomic E-state index is -4.56. The maximum absolute atomic E-state index is 13.0. The molecule has 0 spiro atoms. The summed E-state index contributed by atoms with van der Waals surface area (Å²) in [5.74, 6) is -0.00491. The van der Waals surface area contributed by atoms with Crippen molar-refractivity contribution >= 4 is 11.9 Å². The van der Waals surface area contributed by atoms with Crippen LogP contribution < -0.4 is 5.32 Å². The third kappa shape index (κ3) is 5.77. The number of piperidine rings is 1. The van der Waals surface area contributed by atoms with Gasteiger partial charge in [0.2, 0.25) is 0 Å². The lowest BCUT2D eigenvalue weighted by atomic mass is 9.96. The number of carbonyl (C=O) groups excluding carboxylic acids is 1. The van der Waals surface area contributed by atoms with E-state index in [2.05, 4.69) is 15.5 Å². The van der Waals surface area contributed by atoms with Gasteiger partial charge in [0, 0.05) is 30.3 Å². The van der Waals surface area contributed by atoms with Crippen LogP contribution >= 0.6 is 0 Å². The van der Waals surface area contributed by atoms with Crippen molar-refractivity contribution in [2.75, 3.05) is 25.0 Å². The number of rotatable bonds is 3. The van der Waals surface area contributed by atoms with Gasteiger partial charge >= 0.3 is 12.3 Å². The van der Waals surface area contributed by atoms with E-state index in [1.54, 1.807) is 4.90 Å². The lowest BCUT2D eigenvalue weighted by Crippen LogP contribution is -2.47. The Hall–Kier alpha value is -3.08. The maximum Gasteiger partial charge on any atom is 0.416 e. The molecule has 190 valence electrons. The van der Waals surface area contributed by atoms with Crippen LogP contribution in [-0.4, -0.2) is 57.6 Å². The molecule has 1 atom stereocenters. The highest BCUT2D eigenvalue weighted by atomic mass is 19.4. The molecule has 1 saturated heterocycles. The van der Waals surface area contributed by atoms with Crippen LogP contribution in [0.25, 0.3) is 11.3 Å². The highest BCUT2D eigenvalue weighted by Gasteiger charge is 2.33. The van der Waals surface area contributed by atoms with Gasteiger partial charge in [-0.2, -0.15) is 13.2 Å². The third-order valence-electron chi connectivity index (χ3n) is 5.92. The first-order chi connectivity index (χ1) is 16.4. The van der Waals surface area contributed by atoms with Crippen LogP contribution in [0.15, 0.2) is 18.2 Å². The van der Waals surface area contributed by atoms with Crippen LogP contribution in [0.5, 0.6) is 5.75 Å². The van der Waals surface area contributed by atoms with E-state index in [-0.39, 0.29) is 24.3 Å². The van der Waals surface area contributed by atoms with Gasteiger partial charge in [-0.05, 0) is 63.8 Å². The van der Waals surface area contributed by atoms with Gasteiger partial charge in [-0.3, -0.25) is 0 Å². The molecule has 2 aliphatic heterocycles. The molecule has 1 aromatic carbocycles. The molecule has 0 unspecified atom stereocenters. The number of ether oxygens (including phenoxy) is 2. The first-order valence-corrected chi connectivity index (χ1v) is 11.5. The van der Waals surface area contributed by atoms with Crippen molar-refractivity contribution in [3.63, 3.8) is 0 Å². The number of nitrogens with one attached hydrogen (secondary N) is 1. The molecule has 0 aliphatic carbocycles. The summed E-state index contributed by atoms with van der Waals surface area (Å²) in [5, 5.41) is 22.3. The van der Waals surface area contributed by atoms with Crippen molar-refractivity contribution in [1.82, 2.24) is 15.1 Å². The average molecular weight is 495 g/mol. The summed E-state index contributed by atoms with van der Waals surface area (Å²) in [5.41, 5.74) is 0.509. The second-order valence-corrected chi connectivity index (χ2v) is 9.80. The average Bonchev–Trinajstić information content (AvgIpc) is 2.78. The number of alkyl halides is 3. The molecule has 1 fully saturated rings. The van der Waals surface area contributed by atoms with Crippen molar-refractivity contribution < 1.29 is 32.5 Å². The largest absolute Gasteiger partial charge is 0.507 e. The second kappa shape index (κ2) is 9.52. The molecule has 11 heteroatoms. The van der Waals surface area contributed by atoms with Gasteiger partial charge in [0.15, 0.2) is 5.82 Å². The molecule has 4 rings (SSSR count). The second-order valence-electron chi connectivity index (χ2n) is 9.80. The molecule has 8 nitrogen and oxygen atoms in total. The predicted octanol–water partition coefficient (Wildman–Crippen LogP) is 4.75. The number of fused-ring (bicyclic) bond motifs is 1. The quantitative estimate of drug-likeness (QED) is 0.636. The van der Waals surface area contributed by atoms with Crippen molar-refractivity contribution in [3.8, 4) is 17.0 Å². The lowest BCUT2D eigenvalue weighted by molar-refractivity contribution is -0.137. The highest BCUT2D eigenvalue weighted by Crippen LogP contribution is 2.39. The molecule has 1 aromatic heterocycles. The van der Waals surface area contributed by atoms with E-state index in [0.29, 0.717) is 43.7 Å². The van der Waals surface area contributed by atoms with E-state index in [1.165, 1.54) is 6.07 Å². The Bertz CT molecular complexity index is 1100. The summed E-state index contributed by atoms with van der Waals surface area (Å²) in [7, 11) is 0. The Labute approximate surface area is 201 Å². The van der Waals surface area contributed by atoms with Gasteiger partial charge in [0.05, 0.1) is 18.8 Å². The van der Waals surface area contributed by atoms with Gasteiger partial charge < -0.3 is 24.8 Å². The Morgan fingerprint density at radius 1 is 1.23 bits per heavy atom. The first-order valence-electron chi connectivity index (χ1n) is 11.5. The predicted molar refractivity (Wildman–Crippen MR) is 122 cm³/mol. The SMILES string of the molecule is CC(C)(C)OC(=O)N1CCC[C@@H](Nc2nnc(-c3ccc(C(F)(F)F)cc3O)c3c2COCC3)C1. The number of anilines is 1. The number of halogens is 3. The number of phenolic OH excluding ortho intramolecular Hbond substituents is 1. The fourth-order valence-electron chi connectivity index (χ4n) is 4.30. The van der Waals surface area contributed by atoms with Gasteiger partial charge in [0.1, 0.15) is 17.0 Å². The number of carbonyl (C=O) groups is 1. The molecular formula is C24H29F3N4O4. The molecule has 0 radical (unpaired) electrons. The van der Waals surface area contributed by atoms with E-state index in [4.69, 9.17) is 9.47 Å². The Kier molecular flexibility index (Phi) is 6.81. The molecule has 1 amide bonds. The van der Waals surface area contributed by atoms with Crippen LogP contribution in [0.3, 0.4) is 0 Å². The Balaban J connectivity index is 1.58. The van der Waals surface area contributed by atoms with E-state index in [1.807, 2.05) is 20.8 Å². The first kappa shape index (κ1) is 25.0.